The minimum absolute atomic E-state index is 0.0509. The second kappa shape index (κ2) is 6.72. The molecule has 2 heterocycles. The molecule has 0 radical (unpaired) electrons. The molecular weight excluding hydrogens is 328 g/mol. The van der Waals surface area contributed by atoms with Crippen molar-refractivity contribution in [3.8, 4) is 0 Å². The van der Waals surface area contributed by atoms with E-state index < -0.39 is 0 Å². The molecule has 132 valence electrons. The van der Waals surface area contributed by atoms with Gasteiger partial charge >= 0.3 is 0 Å². The Morgan fingerprint density at radius 1 is 1.27 bits per heavy atom. The molecule has 0 aliphatic carbocycles. The number of nitrogens with zero attached hydrogens (tertiary/aromatic N) is 2. The largest absolute Gasteiger partial charge is 0.326 e. The molecule has 0 saturated heterocycles. The number of fused-ring (bicyclic) bond motifs is 2. The second-order valence-electron chi connectivity index (χ2n) is 6.70. The van der Waals surface area contributed by atoms with Gasteiger partial charge in [0, 0.05) is 31.7 Å². The number of aryl methyl sites for hydroxylation is 1. The van der Waals surface area contributed by atoms with Crippen LogP contribution in [0.2, 0.25) is 0 Å². The van der Waals surface area contributed by atoms with E-state index in [1.807, 2.05) is 12.1 Å². The fourth-order valence-electron chi connectivity index (χ4n) is 3.39. The highest BCUT2D eigenvalue weighted by Gasteiger charge is 2.20. The zero-order chi connectivity index (χ0) is 18.1. The van der Waals surface area contributed by atoms with Gasteiger partial charge in [-0.3, -0.25) is 9.59 Å². The lowest BCUT2D eigenvalue weighted by molar-refractivity contribution is -0.116. The molecule has 0 bridgehead atoms. The Labute approximate surface area is 150 Å². The maximum Gasteiger partial charge on any atom is 0.260 e. The van der Waals surface area contributed by atoms with Gasteiger partial charge in [0.25, 0.3) is 5.56 Å². The van der Waals surface area contributed by atoms with Crippen molar-refractivity contribution in [3.05, 3.63) is 70.3 Å². The molecule has 2 aromatic carbocycles. The first-order chi connectivity index (χ1) is 12.6. The predicted octanol–water partition coefficient (Wildman–Crippen LogP) is 1.98. The van der Waals surface area contributed by atoms with Crippen molar-refractivity contribution in [2.45, 2.75) is 25.4 Å². The number of hydrogen-bond donors (Lipinski definition) is 2. The minimum atomic E-state index is -0.0991. The molecule has 1 amide bonds. The first kappa shape index (κ1) is 16.5. The third kappa shape index (κ3) is 3.23. The highest BCUT2D eigenvalue weighted by atomic mass is 16.1. The summed E-state index contributed by atoms with van der Waals surface area (Å²) in [6, 6.07) is 13.6. The van der Waals surface area contributed by atoms with Crippen molar-refractivity contribution in [2.24, 2.45) is 7.05 Å². The lowest BCUT2D eigenvalue weighted by Crippen LogP contribution is -2.38. The molecule has 2 N–H and O–H groups in total. The molecule has 26 heavy (non-hydrogen) atoms. The molecule has 3 aromatic rings. The molecule has 0 unspecified atom stereocenters. The standard InChI is InChI=1S/C20H20N4O2/c1-24-12-22-18-9-15(6-7-17(18)20(24)26)23-19(25)10-16-8-13-4-2-3-5-14(13)11-21-16/h2-7,9,12,16,21H,8,10-11H2,1H3,(H,23,25)/t16-/m0/s1. The number of benzene rings is 2. The van der Waals surface area contributed by atoms with Crippen molar-refractivity contribution < 1.29 is 4.79 Å². The monoisotopic (exact) mass is 348 g/mol. The summed E-state index contributed by atoms with van der Waals surface area (Å²) in [6.07, 6.45) is 2.73. The van der Waals surface area contributed by atoms with Crippen LogP contribution in [0.15, 0.2) is 53.6 Å². The topological polar surface area (TPSA) is 76.0 Å². The molecule has 4 rings (SSSR count). The SMILES string of the molecule is Cn1cnc2cc(NC(=O)C[C@@H]3Cc4ccccc4CN3)ccc2c1=O. The summed E-state index contributed by atoms with van der Waals surface area (Å²) in [4.78, 5) is 28.7. The summed E-state index contributed by atoms with van der Waals surface area (Å²) in [5.74, 6) is -0.0509. The van der Waals surface area contributed by atoms with Crippen molar-refractivity contribution in [3.63, 3.8) is 0 Å². The first-order valence-electron chi connectivity index (χ1n) is 8.65. The normalized spacial score (nSPS) is 16.3. The second-order valence-corrected chi connectivity index (χ2v) is 6.70. The Bertz CT molecular complexity index is 1040. The van der Waals surface area contributed by atoms with Crippen LogP contribution in [0.5, 0.6) is 0 Å². The highest BCUT2D eigenvalue weighted by Crippen LogP contribution is 2.19. The summed E-state index contributed by atoms with van der Waals surface area (Å²) in [7, 11) is 1.67. The van der Waals surface area contributed by atoms with Crippen molar-refractivity contribution >= 4 is 22.5 Å². The molecule has 1 atom stereocenters. The number of carbonyl (C=O) groups is 1. The quantitative estimate of drug-likeness (QED) is 0.759. The van der Waals surface area contributed by atoms with Crippen LogP contribution in [0.1, 0.15) is 17.5 Å². The number of rotatable bonds is 3. The van der Waals surface area contributed by atoms with Gasteiger partial charge in [-0.05, 0) is 35.7 Å². The van der Waals surface area contributed by atoms with Crippen LogP contribution < -0.4 is 16.2 Å². The van der Waals surface area contributed by atoms with E-state index in [4.69, 9.17) is 0 Å². The van der Waals surface area contributed by atoms with Crippen LogP contribution in [-0.2, 0) is 24.8 Å². The van der Waals surface area contributed by atoms with Gasteiger partial charge < -0.3 is 15.2 Å². The van der Waals surface area contributed by atoms with E-state index in [1.54, 1.807) is 25.2 Å². The Morgan fingerprint density at radius 3 is 2.92 bits per heavy atom. The van der Waals surface area contributed by atoms with E-state index in [9.17, 15) is 9.59 Å². The zero-order valence-corrected chi connectivity index (χ0v) is 14.5. The molecule has 1 aliphatic rings. The lowest BCUT2D eigenvalue weighted by Gasteiger charge is -2.25. The van der Waals surface area contributed by atoms with Crippen LogP contribution in [0.3, 0.4) is 0 Å². The third-order valence-electron chi connectivity index (χ3n) is 4.80. The average Bonchev–Trinajstić information content (AvgIpc) is 2.64. The fraction of sp³-hybridized carbons (Fsp3) is 0.250. The number of hydrogen-bond acceptors (Lipinski definition) is 4. The molecular formula is C20H20N4O2. The van der Waals surface area contributed by atoms with Crippen LogP contribution in [0.25, 0.3) is 10.9 Å². The smallest absolute Gasteiger partial charge is 0.260 e. The van der Waals surface area contributed by atoms with E-state index in [0.29, 0.717) is 23.0 Å². The zero-order valence-electron chi connectivity index (χ0n) is 14.5. The van der Waals surface area contributed by atoms with E-state index in [-0.39, 0.29) is 17.5 Å². The van der Waals surface area contributed by atoms with Gasteiger partial charge in [0.1, 0.15) is 0 Å². The summed E-state index contributed by atoms with van der Waals surface area (Å²) < 4.78 is 1.44. The summed E-state index contributed by atoms with van der Waals surface area (Å²) in [6.45, 7) is 0.789. The average molecular weight is 348 g/mol. The van der Waals surface area contributed by atoms with E-state index in [1.165, 1.54) is 22.0 Å². The minimum Gasteiger partial charge on any atom is -0.326 e. The van der Waals surface area contributed by atoms with Gasteiger partial charge in [0.2, 0.25) is 5.91 Å². The van der Waals surface area contributed by atoms with Gasteiger partial charge in [0.05, 0.1) is 17.2 Å². The van der Waals surface area contributed by atoms with Crippen molar-refractivity contribution in [2.75, 3.05) is 5.32 Å². The molecule has 6 nitrogen and oxygen atoms in total. The van der Waals surface area contributed by atoms with Crippen molar-refractivity contribution in [1.82, 2.24) is 14.9 Å². The molecule has 0 fully saturated rings. The van der Waals surface area contributed by atoms with E-state index >= 15 is 0 Å². The first-order valence-corrected chi connectivity index (χ1v) is 8.65. The Kier molecular flexibility index (Phi) is 4.26. The highest BCUT2D eigenvalue weighted by molar-refractivity contribution is 5.93. The van der Waals surface area contributed by atoms with E-state index in [2.05, 4.69) is 27.8 Å². The number of anilines is 1. The number of nitrogens with one attached hydrogen (secondary N) is 2. The Hall–Kier alpha value is -2.99. The number of amides is 1. The molecule has 0 saturated carbocycles. The lowest BCUT2D eigenvalue weighted by atomic mass is 9.94. The molecule has 1 aliphatic heterocycles. The summed E-state index contributed by atoms with van der Waals surface area (Å²) in [5, 5.41) is 6.87. The summed E-state index contributed by atoms with van der Waals surface area (Å²) >= 11 is 0. The number of carbonyl (C=O) groups excluding carboxylic acids is 1. The maximum atomic E-state index is 12.4. The maximum absolute atomic E-state index is 12.4. The fourth-order valence-corrected chi connectivity index (χ4v) is 3.39. The van der Waals surface area contributed by atoms with Crippen molar-refractivity contribution in [1.29, 1.82) is 0 Å². The molecule has 0 spiro atoms. The number of aromatic nitrogens is 2. The molecule has 6 heteroatoms. The Balaban J connectivity index is 1.45. The van der Waals surface area contributed by atoms with E-state index in [0.717, 1.165) is 13.0 Å². The van der Waals surface area contributed by atoms with Crippen LogP contribution in [0.4, 0.5) is 5.69 Å². The van der Waals surface area contributed by atoms with Gasteiger partial charge in [-0.25, -0.2) is 4.98 Å². The predicted molar refractivity (Wildman–Crippen MR) is 101 cm³/mol. The van der Waals surface area contributed by atoms with Crippen LogP contribution >= 0.6 is 0 Å². The van der Waals surface area contributed by atoms with Crippen LogP contribution in [-0.4, -0.2) is 21.5 Å². The van der Waals surface area contributed by atoms with Gasteiger partial charge in [-0.1, -0.05) is 24.3 Å². The van der Waals surface area contributed by atoms with Gasteiger partial charge in [0.15, 0.2) is 0 Å². The Morgan fingerprint density at radius 2 is 2.08 bits per heavy atom. The van der Waals surface area contributed by atoms with Gasteiger partial charge in [-0.15, -0.1) is 0 Å². The van der Waals surface area contributed by atoms with Crippen LogP contribution in [0, 0.1) is 0 Å². The summed E-state index contributed by atoms with van der Waals surface area (Å²) in [5.41, 5.74) is 3.73. The molecule has 1 aromatic heterocycles. The third-order valence-corrected chi connectivity index (χ3v) is 4.80. The van der Waals surface area contributed by atoms with Gasteiger partial charge in [-0.2, -0.15) is 0 Å².